The Morgan fingerprint density at radius 2 is 2.10 bits per heavy atom. The number of carbonyl (C=O) groups excluding carboxylic acids is 1. The quantitative estimate of drug-likeness (QED) is 0.938. The van der Waals surface area contributed by atoms with Crippen LogP contribution in [0.25, 0.3) is 0 Å². The van der Waals surface area contributed by atoms with Crippen molar-refractivity contribution < 1.29 is 4.79 Å². The van der Waals surface area contributed by atoms with Gasteiger partial charge in [-0.05, 0) is 37.0 Å². The predicted molar refractivity (Wildman–Crippen MR) is 75.1 cm³/mol. The average molecular weight is 291 g/mol. The van der Waals surface area contributed by atoms with Gasteiger partial charge in [-0.3, -0.25) is 4.79 Å². The van der Waals surface area contributed by atoms with Crippen LogP contribution in [-0.4, -0.2) is 20.7 Å². The van der Waals surface area contributed by atoms with E-state index in [-0.39, 0.29) is 18.0 Å². The Morgan fingerprint density at radius 3 is 2.65 bits per heavy atom. The van der Waals surface area contributed by atoms with Gasteiger partial charge in [0.2, 0.25) is 5.91 Å². The lowest BCUT2D eigenvalue weighted by Crippen LogP contribution is -2.51. The van der Waals surface area contributed by atoms with Gasteiger partial charge in [0.1, 0.15) is 19.2 Å². The molecule has 5 nitrogen and oxygen atoms in total. The van der Waals surface area contributed by atoms with Crippen LogP contribution in [0.15, 0.2) is 36.9 Å². The van der Waals surface area contributed by atoms with Crippen LogP contribution in [0.1, 0.15) is 24.8 Å². The molecule has 0 saturated heterocycles. The first kappa shape index (κ1) is 13.1. The van der Waals surface area contributed by atoms with E-state index in [1.165, 1.54) is 17.3 Å². The molecule has 6 heteroatoms. The fourth-order valence-electron chi connectivity index (χ4n) is 2.55. The number of benzene rings is 1. The molecule has 1 saturated carbocycles. The van der Waals surface area contributed by atoms with Crippen LogP contribution in [0.5, 0.6) is 0 Å². The number of rotatable bonds is 4. The first-order valence-electron chi connectivity index (χ1n) is 6.57. The number of aromatic nitrogens is 3. The van der Waals surface area contributed by atoms with Gasteiger partial charge in [0.15, 0.2) is 0 Å². The van der Waals surface area contributed by atoms with Gasteiger partial charge in [-0.25, -0.2) is 9.67 Å². The largest absolute Gasteiger partial charge is 0.345 e. The topological polar surface area (TPSA) is 59.8 Å². The van der Waals surface area contributed by atoms with E-state index in [1.54, 1.807) is 0 Å². The molecule has 1 amide bonds. The third-order valence-corrected chi connectivity index (χ3v) is 4.01. The van der Waals surface area contributed by atoms with Crippen LogP contribution in [0.4, 0.5) is 0 Å². The molecule has 0 aliphatic heterocycles. The van der Waals surface area contributed by atoms with E-state index in [0.29, 0.717) is 5.02 Å². The van der Waals surface area contributed by atoms with Gasteiger partial charge in [-0.2, -0.15) is 5.10 Å². The van der Waals surface area contributed by atoms with Crippen molar-refractivity contribution in [2.24, 2.45) is 0 Å². The molecule has 0 radical (unpaired) electrons. The van der Waals surface area contributed by atoms with Crippen LogP contribution in [-0.2, 0) is 16.9 Å². The minimum absolute atomic E-state index is 0.0508. The fraction of sp³-hybridized carbons (Fsp3) is 0.357. The van der Waals surface area contributed by atoms with E-state index >= 15 is 0 Å². The standard InChI is InChI=1S/C14H15ClN4O/c15-12-4-2-11(3-5-12)14(6-1-7-14)18-13(20)8-19-10-16-9-17-19/h2-5,9-10H,1,6-8H2,(H,18,20). The first-order valence-corrected chi connectivity index (χ1v) is 6.95. The van der Waals surface area contributed by atoms with Gasteiger partial charge < -0.3 is 5.32 Å². The SMILES string of the molecule is O=C(Cn1cncn1)NC1(c2ccc(Cl)cc2)CCC1. The van der Waals surface area contributed by atoms with Gasteiger partial charge in [-0.1, -0.05) is 23.7 Å². The smallest absolute Gasteiger partial charge is 0.242 e. The monoisotopic (exact) mass is 290 g/mol. The molecule has 1 aromatic carbocycles. The van der Waals surface area contributed by atoms with Crippen molar-refractivity contribution in [2.45, 2.75) is 31.3 Å². The van der Waals surface area contributed by atoms with E-state index in [4.69, 9.17) is 11.6 Å². The first-order chi connectivity index (χ1) is 9.68. The average Bonchev–Trinajstić information content (AvgIpc) is 2.88. The molecule has 2 aromatic rings. The Morgan fingerprint density at radius 1 is 1.35 bits per heavy atom. The Hall–Kier alpha value is -1.88. The molecule has 1 aliphatic rings. The summed E-state index contributed by atoms with van der Waals surface area (Å²) in [5, 5.41) is 7.78. The van der Waals surface area contributed by atoms with Crippen molar-refractivity contribution in [2.75, 3.05) is 0 Å². The molecule has 3 rings (SSSR count). The highest BCUT2D eigenvalue weighted by Crippen LogP contribution is 2.41. The zero-order valence-electron chi connectivity index (χ0n) is 10.9. The van der Waals surface area contributed by atoms with Gasteiger partial charge in [0.25, 0.3) is 0 Å². The van der Waals surface area contributed by atoms with Gasteiger partial charge >= 0.3 is 0 Å². The van der Waals surface area contributed by atoms with E-state index in [0.717, 1.165) is 24.8 Å². The van der Waals surface area contributed by atoms with Crippen LogP contribution in [0.3, 0.4) is 0 Å². The van der Waals surface area contributed by atoms with Crippen molar-refractivity contribution >= 4 is 17.5 Å². The molecule has 1 fully saturated rings. The minimum Gasteiger partial charge on any atom is -0.345 e. The Bertz CT molecular complexity index is 590. The second kappa shape index (κ2) is 5.25. The van der Waals surface area contributed by atoms with Crippen molar-refractivity contribution in [1.29, 1.82) is 0 Å². The lowest BCUT2D eigenvalue weighted by Gasteiger charge is -2.43. The zero-order valence-corrected chi connectivity index (χ0v) is 11.7. The molecular formula is C14H15ClN4O. The summed E-state index contributed by atoms with van der Waals surface area (Å²) in [6.45, 7) is 0.190. The predicted octanol–water partition coefficient (Wildman–Crippen LogP) is 2.13. The van der Waals surface area contributed by atoms with Gasteiger partial charge in [0, 0.05) is 5.02 Å². The van der Waals surface area contributed by atoms with Crippen molar-refractivity contribution in [3.63, 3.8) is 0 Å². The molecule has 0 atom stereocenters. The number of nitrogens with zero attached hydrogens (tertiary/aromatic N) is 3. The maximum absolute atomic E-state index is 12.1. The molecule has 1 aromatic heterocycles. The van der Waals surface area contributed by atoms with Crippen LogP contribution in [0.2, 0.25) is 5.02 Å². The van der Waals surface area contributed by atoms with E-state index in [9.17, 15) is 4.79 Å². The number of carbonyl (C=O) groups is 1. The molecule has 20 heavy (non-hydrogen) atoms. The van der Waals surface area contributed by atoms with Crippen molar-refractivity contribution in [1.82, 2.24) is 20.1 Å². The molecule has 0 bridgehead atoms. The number of hydrogen-bond donors (Lipinski definition) is 1. The Labute approximate surface area is 122 Å². The maximum atomic E-state index is 12.1. The molecule has 0 unspecified atom stereocenters. The molecule has 1 N–H and O–H groups in total. The van der Waals surface area contributed by atoms with Crippen LogP contribution < -0.4 is 5.32 Å². The van der Waals surface area contributed by atoms with Crippen LogP contribution in [0, 0.1) is 0 Å². The van der Waals surface area contributed by atoms with E-state index in [2.05, 4.69) is 15.4 Å². The highest BCUT2D eigenvalue weighted by Gasteiger charge is 2.39. The summed E-state index contributed by atoms with van der Waals surface area (Å²) in [5.74, 6) is -0.0508. The lowest BCUT2D eigenvalue weighted by atomic mass is 9.72. The minimum atomic E-state index is -0.248. The Kier molecular flexibility index (Phi) is 3.44. The lowest BCUT2D eigenvalue weighted by molar-refractivity contribution is -0.125. The van der Waals surface area contributed by atoms with Crippen molar-refractivity contribution in [3.8, 4) is 0 Å². The highest BCUT2D eigenvalue weighted by atomic mass is 35.5. The summed E-state index contributed by atoms with van der Waals surface area (Å²) in [7, 11) is 0. The molecule has 0 spiro atoms. The maximum Gasteiger partial charge on any atom is 0.242 e. The van der Waals surface area contributed by atoms with Gasteiger partial charge in [0.05, 0.1) is 5.54 Å². The summed E-state index contributed by atoms with van der Waals surface area (Å²) < 4.78 is 1.52. The van der Waals surface area contributed by atoms with Gasteiger partial charge in [-0.15, -0.1) is 0 Å². The Balaban J connectivity index is 1.73. The highest BCUT2D eigenvalue weighted by molar-refractivity contribution is 6.30. The van der Waals surface area contributed by atoms with Crippen LogP contribution >= 0.6 is 11.6 Å². The number of hydrogen-bond acceptors (Lipinski definition) is 3. The summed E-state index contributed by atoms with van der Waals surface area (Å²) in [6.07, 6.45) is 5.99. The third-order valence-electron chi connectivity index (χ3n) is 3.75. The zero-order chi connectivity index (χ0) is 14.0. The fourth-order valence-corrected chi connectivity index (χ4v) is 2.68. The molecular weight excluding hydrogens is 276 g/mol. The number of nitrogens with one attached hydrogen (secondary N) is 1. The summed E-state index contributed by atoms with van der Waals surface area (Å²) in [5.41, 5.74) is 0.863. The van der Waals surface area contributed by atoms with Crippen molar-refractivity contribution in [3.05, 3.63) is 47.5 Å². The van der Waals surface area contributed by atoms with E-state index < -0.39 is 0 Å². The molecule has 104 valence electrons. The molecule has 1 aliphatic carbocycles. The normalized spacial score (nSPS) is 16.4. The third kappa shape index (κ3) is 2.54. The van der Waals surface area contributed by atoms with E-state index in [1.807, 2.05) is 24.3 Å². The summed E-state index contributed by atoms with van der Waals surface area (Å²) in [4.78, 5) is 16.0. The summed E-state index contributed by atoms with van der Waals surface area (Å²) in [6, 6.07) is 7.69. The molecule has 1 heterocycles. The summed E-state index contributed by atoms with van der Waals surface area (Å²) >= 11 is 5.92. The number of halogens is 1. The second-order valence-corrected chi connectivity index (χ2v) is 5.52. The number of amides is 1. The second-order valence-electron chi connectivity index (χ2n) is 5.08.